The second kappa shape index (κ2) is 10.4. The summed E-state index contributed by atoms with van der Waals surface area (Å²) in [6.45, 7) is 1.72. The average molecular weight is 434 g/mol. The van der Waals surface area contributed by atoms with E-state index in [-0.39, 0.29) is 23.8 Å². The lowest BCUT2D eigenvalue weighted by molar-refractivity contribution is -0.126. The highest BCUT2D eigenvalue weighted by Crippen LogP contribution is 2.26. The van der Waals surface area contributed by atoms with E-state index in [1.165, 1.54) is 0 Å². The number of nitrogens with zero attached hydrogens (tertiary/aromatic N) is 1. The Morgan fingerprint density at radius 3 is 2.45 bits per heavy atom. The molecule has 3 aromatic rings. The molecule has 1 aliphatic heterocycles. The van der Waals surface area contributed by atoms with Crippen molar-refractivity contribution in [3.05, 3.63) is 88.6 Å². The lowest BCUT2D eigenvalue weighted by Gasteiger charge is -2.32. The maximum atomic E-state index is 12.9. The number of hydrogen-bond donors (Lipinski definition) is 2. The topological polar surface area (TPSA) is 61.4 Å². The van der Waals surface area contributed by atoms with Crippen LogP contribution in [0.2, 0.25) is 0 Å². The van der Waals surface area contributed by atoms with E-state index in [2.05, 4.69) is 15.5 Å². The molecule has 0 spiro atoms. The SMILES string of the molecule is O=C(CN1CCCC(C(=O)Nc2ccccc2)C1)NC(c1ccccc1)c1cccs1. The van der Waals surface area contributed by atoms with Crippen LogP contribution in [0.5, 0.6) is 0 Å². The van der Waals surface area contributed by atoms with Crippen LogP contribution < -0.4 is 10.6 Å². The third kappa shape index (κ3) is 5.81. The van der Waals surface area contributed by atoms with Crippen LogP contribution in [0.25, 0.3) is 0 Å². The predicted octanol–water partition coefficient (Wildman–Crippen LogP) is 4.30. The molecule has 1 fully saturated rings. The van der Waals surface area contributed by atoms with Crippen LogP contribution in [-0.4, -0.2) is 36.3 Å². The van der Waals surface area contributed by atoms with E-state index in [1.807, 2.05) is 78.2 Å². The maximum Gasteiger partial charge on any atom is 0.234 e. The van der Waals surface area contributed by atoms with E-state index in [0.717, 1.165) is 35.5 Å². The quantitative estimate of drug-likeness (QED) is 0.584. The molecule has 4 rings (SSSR count). The summed E-state index contributed by atoms with van der Waals surface area (Å²) in [7, 11) is 0. The van der Waals surface area contributed by atoms with Crippen LogP contribution in [0.4, 0.5) is 5.69 Å². The molecule has 31 heavy (non-hydrogen) atoms. The van der Waals surface area contributed by atoms with E-state index in [1.54, 1.807) is 11.3 Å². The Bertz CT molecular complexity index is 977. The first kappa shape index (κ1) is 21.3. The van der Waals surface area contributed by atoms with Gasteiger partial charge in [0.15, 0.2) is 0 Å². The predicted molar refractivity (Wildman–Crippen MR) is 125 cm³/mol. The van der Waals surface area contributed by atoms with Crippen LogP contribution in [-0.2, 0) is 9.59 Å². The molecule has 6 heteroatoms. The molecule has 2 aromatic carbocycles. The van der Waals surface area contributed by atoms with Gasteiger partial charge in [-0.25, -0.2) is 0 Å². The van der Waals surface area contributed by atoms with Gasteiger partial charge in [0.25, 0.3) is 0 Å². The molecule has 1 aromatic heterocycles. The Kier molecular flexibility index (Phi) is 7.12. The minimum Gasteiger partial charge on any atom is -0.343 e. The number of anilines is 1. The zero-order valence-electron chi connectivity index (χ0n) is 17.4. The molecular weight excluding hydrogens is 406 g/mol. The minimum atomic E-state index is -0.157. The first-order chi connectivity index (χ1) is 15.2. The zero-order valence-corrected chi connectivity index (χ0v) is 18.2. The Hall–Kier alpha value is -2.96. The molecule has 1 aliphatic rings. The van der Waals surface area contributed by atoms with E-state index in [9.17, 15) is 9.59 Å². The van der Waals surface area contributed by atoms with Gasteiger partial charge in [-0.3, -0.25) is 14.5 Å². The second-order valence-electron chi connectivity index (χ2n) is 7.86. The molecule has 0 saturated carbocycles. The average Bonchev–Trinajstić information content (AvgIpc) is 3.33. The highest BCUT2D eigenvalue weighted by Gasteiger charge is 2.27. The van der Waals surface area contributed by atoms with Crippen molar-refractivity contribution in [2.45, 2.75) is 18.9 Å². The molecule has 0 aliphatic carbocycles. The fraction of sp³-hybridized carbons (Fsp3) is 0.280. The van der Waals surface area contributed by atoms with Crippen LogP contribution in [0, 0.1) is 5.92 Å². The van der Waals surface area contributed by atoms with Gasteiger partial charge in [0.1, 0.15) is 0 Å². The van der Waals surface area contributed by atoms with Crippen molar-refractivity contribution in [2.75, 3.05) is 25.0 Å². The van der Waals surface area contributed by atoms with E-state index >= 15 is 0 Å². The lowest BCUT2D eigenvalue weighted by atomic mass is 9.97. The van der Waals surface area contributed by atoms with Crippen LogP contribution in [0.3, 0.4) is 0 Å². The van der Waals surface area contributed by atoms with Gasteiger partial charge in [-0.1, -0.05) is 54.6 Å². The van der Waals surface area contributed by atoms with Gasteiger partial charge in [-0.05, 0) is 48.5 Å². The molecule has 0 radical (unpaired) electrons. The highest BCUT2D eigenvalue weighted by molar-refractivity contribution is 7.10. The summed E-state index contributed by atoms with van der Waals surface area (Å²) >= 11 is 1.64. The van der Waals surface area contributed by atoms with Gasteiger partial charge in [0, 0.05) is 17.1 Å². The number of carbonyl (C=O) groups excluding carboxylic acids is 2. The molecule has 2 amide bonds. The van der Waals surface area contributed by atoms with Crippen LogP contribution in [0.15, 0.2) is 78.2 Å². The van der Waals surface area contributed by atoms with Gasteiger partial charge in [0.2, 0.25) is 11.8 Å². The van der Waals surface area contributed by atoms with Crippen molar-refractivity contribution in [3.63, 3.8) is 0 Å². The highest BCUT2D eigenvalue weighted by atomic mass is 32.1. The lowest BCUT2D eigenvalue weighted by Crippen LogP contribution is -2.45. The van der Waals surface area contributed by atoms with E-state index in [4.69, 9.17) is 0 Å². The Morgan fingerprint density at radius 2 is 1.74 bits per heavy atom. The second-order valence-corrected chi connectivity index (χ2v) is 8.84. The molecule has 2 N–H and O–H groups in total. The Morgan fingerprint density at radius 1 is 1.00 bits per heavy atom. The number of amides is 2. The fourth-order valence-electron chi connectivity index (χ4n) is 4.01. The molecular formula is C25H27N3O2S. The minimum absolute atomic E-state index is 0.0219. The number of thiophene rings is 1. The third-order valence-corrected chi connectivity index (χ3v) is 6.49. The summed E-state index contributed by atoms with van der Waals surface area (Å²) in [5.74, 6) is -0.104. The summed E-state index contributed by atoms with van der Waals surface area (Å²) in [4.78, 5) is 28.8. The van der Waals surface area contributed by atoms with Gasteiger partial charge in [0.05, 0.1) is 18.5 Å². The Balaban J connectivity index is 1.35. The third-order valence-electron chi connectivity index (χ3n) is 5.55. The first-order valence-corrected chi connectivity index (χ1v) is 11.5. The summed E-state index contributed by atoms with van der Waals surface area (Å²) in [5, 5.41) is 8.21. The summed E-state index contributed by atoms with van der Waals surface area (Å²) in [5.41, 5.74) is 1.88. The van der Waals surface area contributed by atoms with Gasteiger partial charge in [-0.2, -0.15) is 0 Å². The van der Waals surface area contributed by atoms with Crippen molar-refractivity contribution in [2.24, 2.45) is 5.92 Å². The summed E-state index contributed by atoms with van der Waals surface area (Å²) < 4.78 is 0. The monoisotopic (exact) mass is 433 g/mol. The molecule has 2 atom stereocenters. The molecule has 0 bridgehead atoms. The van der Waals surface area contributed by atoms with Gasteiger partial charge < -0.3 is 10.6 Å². The molecule has 160 valence electrons. The standard InChI is InChI=1S/C25H27N3O2S/c29-23(27-24(22-14-8-16-31-22)19-9-3-1-4-10-19)18-28-15-7-11-20(17-28)25(30)26-21-12-5-2-6-13-21/h1-6,8-10,12-14,16,20,24H,7,11,15,17-18H2,(H,26,30)(H,27,29). The molecule has 2 unspecified atom stereocenters. The summed E-state index contributed by atoms with van der Waals surface area (Å²) in [6, 6.07) is 23.4. The van der Waals surface area contributed by atoms with Crippen LogP contribution >= 0.6 is 11.3 Å². The Labute approximate surface area is 187 Å². The molecule has 1 saturated heterocycles. The maximum absolute atomic E-state index is 12.9. The van der Waals surface area contributed by atoms with E-state index in [0.29, 0.717) is 13.1 Å². The molecule has 2 heterocycles. The number of likely N-dealkylation sites (tertiary alicyclic amines) is 1. The smallest absolute Gasteiger partial charge is 0.234 e. The van der Waals surface area contributed by atoms with Gasteiger partial charge in [-0.15, -0.1) is 11.3 Å². The zero-order chi connectivity index (χ0) is 21.5. The van der Waals surface area contributed by atoms with Crippen molar-refractivity contribution in [3.8, 4) is 0 Å². The van der Waals surface area contributed by atoms with E-state index < -0.39 is 0 Å². The normalized spacial score (nSPS) is 17.6. The number of para-hydroxylation sites is 1. The van der Waals surface area contributed by atoms with Gasteiger partial charge >= 0.3 is 0 Å². The van der Waals surface area contributed by atoms with Crippen molar-refractivity contribution < 1.29 is 9.59 Å². The largest absolute Gasteiger partial charge is 0.343 e. The number of carbonyl (C=O) groups is 2. The summed E-state index contributed by atoms with van der Waals surface area (Å²) in [6.07, 6.45) is 1.76. The van der Waals surface area contributed by atoms with Crippen molar-refractivity contribution in [1.82, 2.24) is 10.2 Å². The van der Waals surface area contributed by atoms with Crippen molar-refractivity contribution >= 4 is 28.8 Å². The molecule has 5 nitrogen and oxygen atoms in total. The van der Waals surface area contributed by atoms with Crippen molar-refractivity contribution in [1.29, 1.82) is 0 Å². The first-order valence-electron chi connectivity index (χ1n) is 10.6. The number of nitrogens with one attached hydrogen (secondary N) is 2. The number of piperidine rings is 1. The number of benzene rings is 2. The van der Waals surface area contributed by atoms with Crippen LogP contribution in [0.1, 0.15) is 29.3 Å². The number of hydrogen-bond acceptors (Lipinski definition) is 4. The fourth-order valence-corrected chi connectivity index (χ4v) is 4.81. The number of rotatable bonds is 7.